The molecule has 6 nitrogen and oxygen atoms in total. The Morgan fingerprint density at radius 1 is 1.30 bits per heavy atom. The molecule has 1 unspecified atom stereocenters. The van der Waals surface area contributed by atoms with Crippen molar-refractivity contribution in [1.29, 1.82) is 0 Å². The molecule has 0 saturated carbocycles. The van der Waals surface area contributed by atoms with Gasteiger partial charge in [0.1, 0.15) is 0 Å². The molecule has 104 valence electrons. The van der Waals surface area contributed by atoms with Crippen LogP contribution in [0, 0.1) is 5.92 Å². The summed E-state index contributed by atoms with van der Waals surface area (Å²) in [4.78, 5) is 26.9. The Hall–Kier alpha value is -2.02. The molecular formula is C13H15N5OS. The molecule has 1 saturated heterocycles. The summed E-state index contributed by atoms with van der Waals surface area (Å²) in [5, 5.41) is 5.37. The van der Waals surface area contributed by atoms with Gasteiger partial charge in [0.2, 0.25) is 11.9 Å². The molecule has 1 atom stereocenters. The van der Waals surface area contributed by atoms with E-state index in [1.54, 1.807) is 24.7 Å². The third-order valence-corrected chi connectivity index (χ3v) is 3.98. The van der Waals surface area contributed by atoms with Crippen molar-refractivity contribution < 1.29 is 4.79 Å². The lowest BCUT2D eigenvalue weighted by Crippen LogP contribution is -2.41. The molecule has 0 radical (unpaired) electrons. The SMILES string of the molecule is O=C(Nc1nccs1)C1CCCN(c2ncccn2)C1. The van der Waals surface area contributed by atoms with Crippen molar-refractivity contribution >= 4 is 28.3 Å². The Labute approximate surface area is 120 Å². The summed E-state index contributed by atoms with van der Waals surface area (Å²) in [5.74, 6) is 0.677. The molecule has 3 heterocycles. The lowest BCUT2D eigenvalue weighted by atomic mass is 9.97. The predicted molar refractivity (Wildman–Crippen MR) is 77.7 cm³/mol. The highest BCUT2D eigenvalue weighted by atomic mass is 32.1. The number of hydrogen-bond acceptors (Lipinski definition) is 6. The average molecular weight is 289 g/mol. The number of piperidine rings is 1. The second-order valence-electron chi connectivity index (χ2n) is 4.66. The highest BCUT2D eigenvalue weighted by Gasteiger charge is 2.27. The largest absolute Gasteiger partial charge is 0.340 e. The van der Waals surface area contributed by atoms with Crippen LogP contribution in [-0.2, 0) is 4.79 Å². The number of hydrogen-bond donors (Lipinski definition) is 1. The first-order valence-electron chi connectivity index (χ1n) is 6.55. The molecular weight excluding hydrogens is 274 g/mol. The molecule has 2 aromatic heterocycles. The molecule has 1 fully saturated rings. The predicted octanol–water partition coefficient (Wildman–Crippen LogP) is 1.79. The van der Waals surface area contributed by atoms with E-state index in [0.29, 0.717) is 17.6 Å². The number of nitrogens with one attached hydrogen (secondary N) is 1. The highest BCUT2D eigenvalue weighted by Crippen LogP contribution is 2.22. The number of aromatic nitrogens is 3. The lowest BCUT2D eigenvalue weighted by molar-refractivity contribution is -0.120. The molecule has 0 spiro atoms. The minimum Gasteiger partial charge on any atom is -0.340 e. The van der Waals surface area contributed by atoms with E-state index in [-0.39, 0.29) is 11.8 Å². The fourth-order valence-corrected chi connectivity index (χ4v) is 2.85. The van der Waals surface area contributed by atoms with Crippen LogP contribution in [0.3, 0.4) is 0 Å². The van der Waals surface area contributed by atoms with E-state index in [4.69, 9.17) is 0 Å². The van der Waals surface area contributed by atoms with Crippen LogP contribution >= 0.6 is 11.3 Å². The van der Waals surface area contributed by atoms with Gasteiger partial charge >= 0.3 is 0 Å². The van der Waals surface area contributed by atoms with E-state index < -0.39 is 0 Å². The first-order valence-corrected chi connectivity index (χ1v) is 7.43. The molecule has 0 aliphatic carbocycles. The standard InChI is InChI=1S/C13H15N5OS/c19-11(17-13-16-6-8-20-13)10-3-1-7-18(9-10)12-14-4-2-5-15-12/h2,4-6,8,10H,1,3,7,9H2,(H,16,17,19). The fraction of sp³-hybridized carbons (Fsp3) is 0.385. The molecule has 1 N–H and O–H groups in total. The average Bonchev–Trinajstić information content (AvgIpc) is 3.01. The summed E-state index contributed by atoms with van der Waals surface area (Å²) < 4.78 is 0. The van der Waals surface area contributed by atoms with Crippen molar-refractivity contribution in [2.45, 2.75) is 12.8 Å². The normalized spacial score (nSPS) is 18.8. The first-order chi connectivity index (χ1) is 9.83. The lowest BCUT2D eigenvalue weighted by Gasteiger charge is -2.31. The maximum absolute atomic E-state index is 12.2. The van der Waals surface area contributed by atoms with Crippen LogP contribution in [0.5, 0.6) is 0 Å². The summed E-state index contributed by atoms with van der Waals surface area (Å²) in [6, 6.07) is 1.79. The van der Waals surface area contributed by atoms with Crippen molar-refractivity contribution in [3.05, 3.63) is 30.0 Å². The first kappa shape index (κ1) is 13.0. The third-order valence-electron chi connectivity index (χ3n) is 3.29. The second-order valence-corrected chi connectivity index (χ2v) is 5.56. The highest BCUT2D eigenvalue weighted by molar-refractivity contribution is 7.13. The smallest absolute Gasteiger partial charge is 0.231 e. The van der Waals surface area contributed by atoms with Gasteiger partial charge in [-0.25, -0.2) is 15.0 Å². The number of nitrogens with zero attached hydrogens (tertiary/aromatic N) is 4. The van der Waals surface area contributed by atoms with Gasteiger partial charge in [0, 0.05) is 37.1 Å². The van der Waals surface area contributed by atoms with E-state index in [1.165, 1.54) is 11.3 Å². The van der Waals surface area contributed by atoms with Gasteiger partial charge in [0.05, 0.1) is 5.92 Å². The number of thiazole rings is 1. The van der Waals surface area contributed by atoms with Crippen LogP contribution in [0.4, 0.5) is 11.1 Å². The zero-order valence-electron chi connectivity index (χ0n) is 10.9. The van der Waals surface area contributed by atoms with E-state index in [9.17, 15) is 4.79 Å². The van der Waals surface area contributed by atoms with E-state index in [0.717, 1.165) is 19.4 Å². The molecule has 1 aliphatic rings. The van der Waals surface area contributed by atoms with E-state index in [1.807, 2.05) is 5.38 Å². The molecule has 1 amide bonds. The zero-order chi connectivity index (χ0) is 13.8. The van der Waals surface area contributed by atoms with Crippen molar-refractivity contribution in [1.82, 2.24) is 15.0 Å². The summed E-state index contributed by atoms with van der Waals surface area (Å²) in [6.45, 7) is 1.55. The van der Waals surface area contributed by atoms with Gasteiger partial charge in [-0.15, -0.1) is 11.3 Å². The summed E-state index contributed by atoms with van der Waals surface area (Å²) in [5.41, 5.74) is 0. The van der Waals surface area contributed by atoms with Crippen molar-refractivity contribution in [3.63, 3.8) is 0 Å². The van der Waals surface area contributed by atoms with Crippen LogP contribution in [0.15, 0.2) is 30.0 Å². The molecule has 0 aromatic carbocycles. The summed E-state index contributed by atoms with van der Waals surface area (Å²) in [6.07, 6.45) is 6.99. The minimum atomic E-state index is -0.0449. The number of anilines is 2. The number of rotatable bonds is 3. The molecule has 2 aromatic rings. The van der Waals surface area contributed by atoms with Crippen LogP contribution in [0.2, 0.25) is 0 Å². The maximum atomic E-state index is 12.2. The molecule has 0 bridgehead atoms. The Kier molecular flexibility index (Phi) is 3.87. The number of amides is 1. The van der Waals surface area contributed by atoms with Gasteiger partial charge in [-0.05, 0) is 18.9 Å². The van der Waals surface area contributed by atoms with Crippen LogP contribution in [0.1, 0.15) is 12.8 Å². The van der Waals surface area contributed by atoms with E-state index >= 15 is 0 Å². The number of carbonyl (C=O) groups is 1. The Morgan fingerprint density at radius 3 is 2.90 bits per heavy atom. The second kappa shape index (κ2) is 5.96. The quantitative estimate of drug-likeness (QED) is 0.932. The summed E-state index contributed by atoms with van der Waals surface area (Å²) in [7, 11) is 0. The van der Waals surface area contributed by atoms with Crippen LogP contribution in [-0.4, -0.2) is 33.9 Å². The molecule has 1 aliphatic heterocycles. The van der Waals surface area contributed by atoms with Gasteiger partial charge < -0.3 is 10.2 Å². The van der Waals surface area contributed by atoms with Gasteiger partial charge in [-0.3, -0.25) is 4.79 Å². The van der Waals surface area contributed by atoms with Crippen LogP contribution in [0.25, 0.3) is 0 Å². The van der Waals surface area contributed by atoms with Gasteiger partial charge in [0.25, 0.3) is 0 Å². The van der Waals surface area contributed by atoms with Crippen LogP contribution < -0.4 is 10.2 Å². The molecule has 3 rings (SSSR count). The summed E-state index contributed by atoms with van der Waals surface area (Å²) >= 11 is 1.43. The Bertz CT molecular complexity index is 559. The van der Waals surface area contributed by atoms with Crippen molar-refractivity contribution in [2.24, 2.45) is 5.92 Å². The van der Waals surface area contributed by atoms with Crippen molar-refractivity contribution in [3.8, 4) is 0 Å². The number of carbonyl (C=O) groups excluding carboxylic acids is 1. The monoisotopic (exact) mass is 289 g/mol. The molecule has 7 heteroatoms. The zero-order valence-corrected chi connectivity index (χ0v) is 11.7. The minimum absolute atomic E-state index is 0.0283. The van der Waals surface area contributed by atoms with Gasteiger partial charge in [0.15, 0.2) is 5.13 Å². The maximum Gasteiger partial charge on any atom is 0.231 e. The molecule has 20 heavy (non-hydrogen) atoms. The fourth-order valence-electron chi connectivity index (χ4n) is 2.32. The van der Waals surface area contributed by atoms with E-state index in [2.05, 4.69) is 25.2 Å². The van der Waals surface area contributed by atoms with Gasteiger partial charge in [-0.1, -0.05) is 0 Å². The van der Waals surface area contributed by atoms with Gasteiger partial charge in [-0.2, -0.15) is 0 Å². The Morgan fingerprint density at radius 2 is 2.15 bits per heavy atom. The topological polar surface area (TPSA) is 71.0 Å². The van der Waals surface area contributed by atoms with Crippen molar-refractivity contribution in [2.75, 3.05) is 23.3 Å². The third kappa shape index (κ3) is 2.93. The Balaban J connectivity index is 1.64.